The fourth-order valence-electron chi connectivity index (χ4n) is 2.08. The van der Waals surface area contributed by atoms with E-state index in [-0.39, 0.29) is 17.2 Å². The van der Waals surface area contributed by atoms with Gasteiger partial charge in [0.05, 0.1) is 5.41 Å². The number of aromatic hydroxyl groups is 1. The number of amides is 1. The Hall–Kier alpha value is -2.08. The Balaban J connectivity index is 2.17. The lowest BCUT2D eigenvalue weighted by Gasteiger charge is -2.21. The second-order valence-corrected chi connectivity index (χ2v) is 4.98. The number of carbonyl (C=O) groups excluding carboxylic acids is 1. The minimum Gasteiger partial charge on any atom is -0.507 e. The van der Waals surface area contributed by atoms with Crippen LogP contribution in [-0.2, 0) is 4.79 Å². The quantitative estimate of drug-likeness (QED) is 0.611. The first-order valence-electron chi connectivity index (χ1n) is 6.01. The number of carbonyl (C=O) groups is 2. The predicted molar refractivity (Wildman–Crippen MR) is 69.3 cm³/mol. The van der Waals surface area contributed by atoms with Gasteiger partial charge < -0.3 is 20.8 Å². The Bertz CT molecular complexity index is 521. The van der Waals surface area contributed by atoms with Gasteiger partial charge in [-0.3, -0.25) is 4.79 Å². The van der Waals surface area contributed by atoms with Gasteiger partial charge in [-0.15, -0.1) is 0 Å². The number of benzene rings is 1. The van der Waals surface area contributed by atoms with E-state index in [4.69, 9.17) is 5.11 Å². The van der Waals surface area contributed by atoms with Crippen molar-refractivity contribution in [1.29, 1.82) is 0 Å². The van der Waals surface area contributed by atoms with E-state index in [0.717, 1.165) is 13.0 Å². The highest BCUT2D eigenvalue weighted by Crippen LogP contribution is 2.28. The first kappa shape index (κ1) is 13.4. The Kier molecular flexibility index (Phi) is 3.44. The molecule has 1 heterocycles. The molecule has 6 heteroatoms. The zero-order valence-electron chi connectivity index (χ0n) is 10.6. The van der Waals surface area contributed by atoms with Gasteiger partial charge in [-0.05, 0) is 38.1 Å². The molecule has 6 nitrogen and oxygen atoms in total. The Morgan fingerprint density at radius 2 is 2.16 bits per heavy atom. The third kappa shape index (κ3) is 2.68. The molecule has 4 N–H and O–H groups in total. The van der Waals surface area contributed by atoms with E-state index >= 15 is 0 Å². The second kappa shape index (κ2) is 4.89. The third-order valence-electron chi connectivity index (χ3n) is 3.40. The molecule has 1 aliphatic rings. The molecule has 1 aromatic carbocycles. The topological polar surface area (TPSA) is 98.7 Å². The summed E-state index contributed by atoms with van der Waals surface area (Å²) in [7, 11) is 0. The molecule has 0 aliphatic carbocycles. The molecular weight excluding hydrogens is 248 g/mol. The molecule has 0 radical (unpaired) electrons. The molecule has 0 spiro atoms. The van der Waals surface area contributed by atoms with Crippen LogP contribution in [0.3, 0.4) is 0 Å². The number of carboxylic acids is 1. The number of nitrogens with one attached hydrogen (secondary N) is 2. The monoisotopic (exact) mass is 264 g/mol. The fourth-order valence-corrected chi connectivity index (χ4v) is 2.08. The van der Waals surface area contributed by atoms with Gasteiger partial charge in [0.15, 0.2) is 0 Å². The molecule has 1 amide bonds. The molecule has 102 valence electrons. The standard InChI is InChI=1S/C13H16N2O4/c1-13(4-5-14-7-13)12(19)15-8-2-3-10(16)9(6-8)11(17)18/h2-3,6,14,16H,4-5,7H2,1H3,(H,15,19)(H,17,18). The van der Waals surface area contributed by atoms with E-state index in [9.17, 15) is 14.7 Å². The number of anilines is 1. The van der Waals surface area contributed by atoms with E-state index in [1.807, 2.05) is 6.92 Å². The van der Waals surface area contributed by atoms with Gasteiger partial charge in [-0.25, -0.2) is 4.79 Å². The summed E-state index contributed by atoms with van der Waals surface area (Å²) in [6.07, 6.45) is 0.739. The SMILES string of the molecule is CC1(C(=O)Nc2ccc(O)c(C(=O)O)c2)CCNC1. The Morgan fingerprint density at radius 1 is 1.42 bits per heavy atom. The molecule has 0 saturated carbocycles. The maximum atomic E-state index is 12.1. The van der Waals surface area contributed by atoms with Crippen molar-refractivity contribution in [1.82, 2.24) is 5.32 Å². The van der Waals surface area contributed by atoms with Gasteiger partial charge in [0.25, 0.3) is 0 Å². The smallest absolute Gasteiger partial charge is 0.339 e. The van der Waals surface area contributed by atoms with Crippen LogP contribution in [0.4, 0.5) is 5.69 Å². The van der Waals surface area contributed by atoms with Crippen LogP contribution in [-0.4, -0.2) is 35.2 Å². The fraction of sp³-hybridized carbons (Fsp3) is 0.385. The van der Waals surface area contributed by atoms with Crippen molar-refractivity contribution in [2.75, 3.05) is 18.4 Å². The summed E-state index contributed by atoms with van der Waals surface area (Å²) in [4.78, 5) is 23.0. The first-order valence-corrected chi connectivity index (χ1v) is 6.01. The first-order chi connectivity index (χ1) is 8.92. The Morgan fingerprint density at radius 3 is 2.74 bits per heavy atom. The molecule has 0 bridgehead atoms. The van der Waals surface area contributed by atoms with E-state index in [2.05, 4.69) is 10.6 Å². The van der Waals surface area contributed by atoms with Gasteiger partial charge in [-0.1, -0.05) is 0 Å². The van der Waals surface area contributed by atoms with E-state index in [0.29, 0.717) is 12.2 Å². The van der Waals surface area contributed by atoms with Gasteiger partial charge in [0, 0.05) is 12.2 Å². The van der Waals surface area contributed by atoms with Crippen LogP contribution in [0.5, 0.6) is 5.75 Å². The van der Waals surface area contributed by atoms with Crippen LogP contribution in [0.15, 0.2) is 18.2 Å². The average Bonchev–Trinajstić information content (AvgIpc) is 2.79. The lowest BCUT2D eigenvalue weighted by molar-refractivity contribution is -0.123. The molecule has 1 aliphatic heterocycles. The van der Waals surface area contributed by atoms with Gasteiger partial charge >= 0.3 is 5.97 Å². The van der Waals surface area contributed by atoms with E-state index in [1.54, 1.807) is 0 Å². The van der Waals surface area contributed by atoms with E-state index < -0.39 is 11.4 Å². The highest BCUT2D eigenvalue weighted by molar-refractivity contribution is 5.98. The zero-order chi connectivity index (χ0) is 14.0. The van der Waals surface area contributed by atoms with Crippen LogP contribution in [0.1, 0.15) is 23.7 Å². The molecule has 19 heavy (non-hydrogen) atoms. The number of carboxylic acid groups (broad SMARTS) is 1. The lowest BCUT2D eigenvalue weighted by Crippen LogP contribution is -2.35. The lowest BCUT2D eigenvalue weighted by atomic mass is 9.88. The van der Waals surface area contributed by atoms with Crippen LogP contribution >= 0.6 is 0 Å². The highest BCUT2D eigenvalue weighted by Gasteiger charge is 2.36. The summed E-state index contributed by atoms with van der Waals surface area (Å²) < 4.78 is 0. The maximum absolute atomic E-state index is 12.1. The maximum Gasteiger partial charge on any atom is 0.339 e. The highest BCUT2D eigenvalue weighted by atomic mass is 16.4. The van der Waals surface area contributed by atoms with E-state index in [1.165, 1.54) is 18.2 Å². The largest absolute Gasteiger partial charge is 0.507 e. The van der Waals surface area contributed by atoms with Crippen molar-refractivity contribution >= 4 is 17.6 Å². The van der Waals surface area contributed by atoms with Crippen molar-refractivity contribution in [2.45, 2.75) is 13.3 Å². The summed E-state index contributed by atoms with van der Waals surface area (Å²) >= 11 is 0. The van der Waals surface area contributed by atoms with Gasteiger partial charge in [-0.2, -0.15) is 0 Å². The van der Waals surface area contributed by atoms with Crippen LogP contribution in [0.2, 0.25) is 0 Å². The normalized spacial score (nSPS) is 22.2. The van der Waals surface area contributed by atoms with Crippen molar-refractivity contribution in [3.63, 3.8) is 0 Å². The minimum absolute atomic E-state index is 0.153. The average molecular weight is 264 g/mol. The van der Waals surface area contributed by atoms with Crippen molar-refractivity contribution in [2.24, 2.45) is 5.41 Å². The Labute approximate surface area is 110 Å². The van der Waals surface area contributed by atoms with Crippen molar-refractivity contribution < 1.29 is 19.8 Å². The zero-order valence-corrected chi connectivity index (χ0v) is 10.6. The number of phenols is 1. The molecule has 1 atom stereocenters. The molecule has 2 rings (SSSR count). The summed E-state index contributed by atoms with van der Waals surface area (Å²) in [5.74, 6) is -1.71. The van der Waals surface area contributed by atoms with Crippen LogP contribution in [0, 0.1) is 5.41 Å². The van der Waals surface area contributed by atoms with Gasteiger partial charge in [0.2, 0.25) is 5.91 Å². The summed E-state index contributed by atoms with van der Waals surface area (Å²) in [6.45, 7) is 3.25. The van der Waals surface area contributed by atoms with Crippen LogP contribution < -0.4 is 10.6 Å². The minimum atomic E-state index is -1.23. The molecule has 1 unspecified atom stereocenters. The second-order valence-electron chi connectivity index (χ2n) is 4.98. The molecule has 1 aromatic rings. The summed E-state index contributed by atoms with van der Waals surface area (Å²) in [5.41, 5.74) is -0.345. The predicted octanol–water partition coefficient (Wildman–Crippen LogP) is 1.03. The number of hydrogen-bond acceptors (Lipinski definition) is 4. The number of hydrogen-bond donors (Lipinski definition) is 4. The number of aromatic carboxylic acids is 1. The van der Waals surface area contributed by atoms with Crippen molar-refractivity contribution in [3.05, 3.63) is 23.8 Å². The van der Waals surface area contributed by atoms with Crippen LogP contribution in [0.25, 0.3) is 0 Å². The third-order valence-corrected chi connectivity index (χ3v) is 3.40. The molecule has 0 aromatic heterocycles. The van der Waals surface area contributed by atoms with Crippen molar-refractivity contribution in [3.8, 4) is 5.75 Å². The molecular formula is C13H16N2O4. The van der Waals surface area contributed by atoms with Gasteiger partial charge in [0.1, 0.15) is 11.3 Å². The summed E-state index contributed by atoms with van der Waals surface area (Å²) in [5, 5.41) is 24.1. The summed E-state index contributed by atoms with van der Waals surface area (Å²) in [6, 6.07) is 3.99. The number of rotatable bonds is 3. The molecule has 1 fully saturated rings. The molecule has 1 saturated heterocycles.